The zero-order chi connectivity index (χ0) is 14.7. The largest absolute Gasteiger partial charge is 0.302 e. The molecule has 0 bridgehead atoms. The number of aromatic nitrogens is 1. The summed E-state index contributed by atoms with van der Waals surface area (Å²) in [5.41, 5.74) is 0.987. The van der Waals surface area contributed by atoms with E-state index < -0.39 is 0 Å². The third kappa shape index (κ3) is 3.95. The molecule has 106 valence electrons. The van der Waals surface area contributed by atoms with E-state index in [1.54, 1.807) is 12.3 Å². The van der Waals surface area contributed by atoms with Crippen LogP contribution in [0.2, 0.25) is 10.0 Å². The van der Waals surface area contributed by atoms with Gasteiger partial charge in [-0.3, -0.25) is 4.79 Å². The van der Waals surface area contributed by atoms with Gasteiger partial charge >= 0.3 is 0 Å². The van der Waals surface area contributed by atoms with Gasteiger partial charge in [0.1, 0.15) is 0 Å². The number of carbonyl (C=O) groups is 1. The highest BCUT2D eigenvalue weighted by atomic mass is 35.5. The number of hydrogen-bond donors (Lipinski definition) is 1. The van der Waals surface area contributed by atoms with E-state index in [2.05, 4.69) is 10.3 Å². The number of benzene rings is 1. The van der Waals surface area contributed by atoms with Crippen LogP contribution in [0.3, 0.4) is 0 Å². The molecule has 0 fully saturated rings. The maximum atomic E-state index is 11.6. The first-order valence-electron chi connectivity index (χ1n) is 6.15. The van der Waals surface area contributed by atoms with Crippen LogP contribution >= 0.6 is 34.5 Å². The Morgan fingerprint density at radius 2 is 2.15 bits per heavy atom. The minimum absolute atomic E-state index is 0.0320. The van der Waals surface area contributed by atoms with Gasteiger partial charge < -0.3 is 5.32 Å². The number of hydrogen-bond acceptors (Lipinski definition) is 3. The van der Waals surface area contributed by atoms with Crippen molar-refractivity contribution in [3.8, 4) is 0 Å². The standard InChI is InChI=1S/C14H14Cl2N2OS/c1-8(2)13(19)18-14-17-7-11(20-14)5-9-3-4-10(15)6-12(9)16/h3-4,6-8H,5H2,1-2H3,(H,17,18,19). The van der Waals surface area contributed by atoms with Crippen molar-refractivity contribution in [2.24, 2.45) is 5.92 Å². The van der Waals surface area contributed by atoms with Crippen LogP contribution in [-0.2, 0) is 11.2 Å². The molecule has 0 aliphatic heterocycles. The summed E-state index contributed by atoms with van der Waals surface area (Å²) < 4.78 is 0. The maximum absolute atomic E-state index is 11.6. The Labute approximate surface area is 131 Å². The van der Waals surface area contributed by atoms with Crippen LogP contribution in [0.15, 0.2) is 24.4 Å². The van der Waals surface area contributed by atoms with Gasteiger partial charge in [0.2, 0.25) is 5.91 Å². The van der Waals surface area contributed by atoms with Crippen molar-refractivity contribution in [3.05, 3.63) is 44.9 Å². The number of anilines is 1. The van der Waals surface area contributed by atoms with Gasteiger partial charge in [-0.2, -0.15) is 0 Å². The van der Waals surface area contributed by atoms with Gasteiger partial charge in [-0.1, -0.05) is 43.1 Å². The van der Waals surface area contributed by atoms with E-state index in [0.29, 0.717) is 21.6 Å². The SMILES string of the molecule is CC(C)C(=O)Nc1ncc(Cc2ccc(Cl)cc2Cl)s1. The Morgan fingerprint density at radius 1 is 1.40 bits per heavy atom. The van der Waals surface area contributed by atoms with Crippen LogP contribution in [0.1, 0.15) is 24.3 Å². The molecule has 0 saturated carbocycles. The minimum atomic E-state index is -0.0620. The molecule has 1 heterocycles. The molecule has 2 aromatic rings. The monoisotopic (exact) mass is 328 g/mol. The number of halogens is 2. The molecule has 0 saturated heterocycles. The van der Waals surface area contributed by atoms with Crippen molar-refractivity contribution < 1.29 is 4.79 Å². The second-order valence-corrected chi connectivity index (χ2v) is 6.65. The lowest BCUT2D eigenvalue weighted by Crippen LogP contribution is -2.17. The molecule has 3 nitrogen and oxygen atoms in total. The molecule has 0 aliphatic carbocycles. The molecule has 6 heteroatoms. The first-order chi connectivity index (χ1) is 9.45. The number of carbonyl (C=O) groups excluding carboxylic acids is 1. The van der Waals surface area contributed by atoms with Crippen LogP contribution in [0.5, 0.6) is 0 Å². The van der Waals surface area contributed by atoms with Gasteiger partial charge in [0, 0.05) is 33.5 Å². The average Bonchev–Trinajstić information content (AvgIpc) is 2.80. The van der Waals surface area contributed by atoms with E-state index in [1.807, 2.05) is 26.0 Å². The molecule has 1 amide bonds. The Hall–Kier alpha value is -1.10. The number of nitrogens with one attached hydrogen (secondary N) is 1. The van der Waals surface area contributed by atoms with Crippen molar-refractivity contribution in [1.29, 1.82) is 0 Å². The predicted octanol–water partition coefficient (Wildman–Crippen LogP) is 4.64. The van der Waals surface area contributed by atoms with Gasteiger partial charge in [-0.15, -0.1) is 11.3 Å². The number of nitrogens with zero attached hydrogens (tertiary/aromatic N) is 1. The molecule has 1 aromatic carbocycles. The Kier molecular flexibility index (Phi) is 5.02. The normalized spacial score (nSPS) is 10.8. The van der Waals surface area contributed by atoms with E-state index in [4.69, 9.17) is 23.2 Å². The topological polar surface area (TPSA) is 42.0 Å². The second kappa shape index (κ2) is 6.57. The van der Waals surface area contributed by atoms with Gasteiger partial charge in [-0.25, -0.2) is 4.98 Å². The summed E-state index contributed by atoms with van der Waals surface area (Å²) in [6.45, 7) is 3.69. The summed E-state index contributed by atoms with van der Waals surface area (Å²) in [6.07, 6.45) is 2.43. The maximum Gasteiger partial charge on any atom is 0.228 e. The number of rotatable bonds is 4. The predicted molar refractivity (Wildman–Crippen MR) is 84.8 cm³/mol. The molecular weight excluding hydrogens is 315 g/mol. The molecule has 0 atom stereocenters. The summed E-state index contributed by atoms with van der Waals surface area (Å²) >= 11 is 13.5. The smallest absolute Gasteiger partial charge is 0.228 e. The van der Waals surface area contributed by atoms with Crippen molar-refractivity contribution in [2.75, 3.05) is 5.32 Å². The zero-order valence-electron chi connectivity index (χ0n) is 11.1. The van der Waals surface area contributed by atoms with Crippen LogP contribution in [0.25, 0.3) is 0 Å². The highest BCUT2D eigenvalue weighted by molar-refractivity contribution is 7.15. The lowest BCUT2D eigenvalue weighted by Gasteiger charge is -2.03. The lowest BCUT2D eigenvalue weighted by molar-refractivity contribution is -0.118. The number of amides is 1. The molecule has 1 N–H and O–H groups in total. The Bertz CT molecular complexity index is 625. The minimum Gasteiger partial charge on any atom is -0.302 e. The molecule has 2 rings (SSSR count). The summed E-state index contributed by atoms with van der Waals surface area (Å²) in [4.78, 5) is 16.8. The fraction of sp³-hybridized carbons (Fsp3) is 0.286. The quantitative estimate of drug-likeness (QED) is 0.888. The van der Waals surface area contributed by atoms with E-state index in [9.17, 15) is 4.79 Å². The average molecular weight is 329 g/mol. The van der Waals surface area contributed by atoms with Crippen molar-refractivity contribution in [2.45, 2.75) is 20.3 Å². The third-order valence-electron chi connectivity index (χ3n) is 2.69. The molecular formula is C14H14Cl2N2OS. The van der Waals surface area contributed by atoms with Crippen molar-refractivity contribution in [1.82, 2.24) is 4.98 Å². The van der Waals surface area contributed by atoms with Gasteiger partial charge in [0.15, 0.2) is 5.13 Å². The van der Waals surface area contributed by atoms with E-state index in [-0.39, 0.29) is 11.8 Å². The summed E-state index contributed by atoms with van der Waals surface area (Å²) in [6, 6.07) is 5.43. The summed E-state index contributed by atoms with van der Waals surface area (Å²) in [7, 11) is 0. The lowest BCUT2D eigenvalue weighted by atomic mass is 10.1. The first kappa shape index (κ1) is 15.3. The van der Waals surface area contributed by atoms with E-state index in [0.717, 1.165) is 10.4 Å². The highest BCUT2D eigenvalue weighted by Gasteiger charge is 2.11. The van der Waals surface area contributed by atoms with Crippen LogP contribution in [0.4, 0.5) is 5.13 Å². The van der Waals surface area contributed by atoms with E-state index >= 15 is 0 Å². The van der Waals surface area contributed by atoms with Crippen LogP contribution < -0.4 is 5.32 Å². The molecule has 20 heavy (non-hydrogen) atoms. The fourth-order valence-corrected chi connectivity index (χ4v) is 2.86. The fourth-order valence-electron chi connectivity index (χ4n) is 1.55. The Morgan fingerprint density at radius 3 is 2.80 bits per heavy atom. The third-order valence-corrected chi connectivity index (χ3v) is 4.19. The van der Waals surface area contributed by atoms with Crippen LogP contribution in [-0.4, -0.2) is 10.9 Å². The van der Waals surface area contributed by atoms with Gasteiger partial charge in [0.05, 0.1) is 0 Å². The molecule has 1 aromatic heterocycles. The summed E-state index contributed by atoms with van der Waals surface area (Å²) in [5.74, 6) is -0.0940. The van der Waals surface area contributed by atoms with Gasteiger partial charge in [-0.05, 0) is 17.7 Å². The zero-order valence-corrected chi connectivity index (χ0v) is 13.4. The molecule has 0 aliphatic rings. The second-order valence-electron chi connectivity index (χ2n) is 4.69. The van der Waals surface area contributed by atoms with Crippen molar-refractivity contribution in [3.63, 3.8) is 0 Å². The van der Waals surface area contributed by atoms with Gasteiger partial charge in [0.25, 0.3) is 0 Å². The Balaban J connectivity index is 2.07. The molecule has 0 unspecified atom stereocenters. The highest BCUT2D eigenvalue weighted by Crippen LogP contribution is 2.27. The molecule has 0 spiro atoms. The summed E-state index contributed by atoms with van der Waals surface area (Å²) in [5, 5.41) is 4.66. The van der Waals surface area contributed by atoms with Crippen molar-refractivity contribution >= 4 is 45.6 Å². The first-order valence-corrected chi connectivity index (χ1v) is 7.72. The molecule has 0 radical (unpaired) electrons. The van der Waals surface area contributed by atoms with E-state index in [1.165, 1.54) is 11.3 Å². The van der Waals surface area contributed by atoms with Crippen LogP contribution in [0, 0.1) is 5.92 Å². The number of thiazole rings is 1.